The number of benzene rings is 1. The zero-order chi connectivity index (χ0) is 11.9. The molecule has 1 heteroatoms. The fourth-order valence-corrected chi connectivity index (χ4v) is 2.26. The Hall–Kier alpha value is -0.170. The van der Waals surface area contributed by atoms with Crippen molar-refractivity contribution < 1.29 is 25.8 Å². The third kappa shape index (κ3) is 3.40. The van der Waals surface area contributed by atoms with Gasteiger partial charge in [-0.15, -0.1) is 0 Å². The van der Waals surface area contributed by atoms with Crippen LogP contribution in [0.5, 0.6) is 0 Å². The van der Waals surface area contributed by atoms with Crippen LogP contribution in [0.1, 0.15) is 49.4 Å². The zero-order valence-electron chi connectivity index (χ0n) is 11.5. The molecule has 0 heterocycles. The topological polar surface area (TPSA) is 0 Å². The van der Waals surface area contributed by atoms with Crippen molar-refractivity contribution in [2.45, 2.75) is 41.0 Å². The third-order valence-electron chi connectivity index (χ3n) is 3.20. The van der Waals surface area contributed by atoms with E-state index in [1.54, 1.807) is 0 Å². The maximum atomic E-state index is 2.34. The van der Waals surface area contributed by atoms with Gasteiger partial charge in [-0.1, -0.05) is 45.1 Å². The molecule has 1 aliphatic rings. The fraction of sp³-hybridized carbons (Fsp3) is 0.438. The molecule has 2 rings (SSSR count). The van der Waals surface area contributed by atoms with E-state index < -0.39 is 0 Å². The van der Waals surface area contributed by atoms with Gasteiger partial charge >= 0.3 is 0 Å². The van der Waals surface area contributed by atoms with Gasteiger partial charge in [0.05, 0.1) is 0 Å². The first-order chi connectivity index (χ1) is 7.37. The minimum Gasteiger partial charge on any atom is -0.0721 e. The first-order valence-electron chi connectivity index (χ1n) is 6.02. The molecule has 0 atom stereocenters. The summed E-state index contributed by atoms with van der Waals surface area (Å²) in [6.07, 6.45) is 5.69. The summed E-state index contributed by atoms with van der Waals surface area (Å²) in [5.74, 6) is 1.49. The molecule has 1 aromatic carbocycles. The summed E-state index contributed by atoms with van der Waals surface area (Å²) in [5.41, 5.74) is 5.98. The van der Waals surface area contributed by atoms with E-state index in [9.17, 15) is 0 Å². The van der Waals surface area contributed by atoms with Crippen molar-refractivity contribution in [1.82, 2.24) is 0 Å². The molecule has 89 valence electrons. The number of allylic oxidation sites excluding steroid dienone is 1. The third-order valence-corrected chi connectivity index (χ3v) is 3.20. The Balaban J connectivity index is 0.00000144. The summed E-state index contributed by atoms with van der Waals surface area (Å²) in [7, 11) is 0. The smallest absolute Gasteiger partial charge is 0.0278 e. The Kier molecular flexibility index (Phi) is 4.57. The standard InChI is InChI=1S/C16H21.Hf/c1-11-8-13-6-7-14(10-16(3,4)5)15(13)9-12(11)2;/h6-9H,10H2,1-5H3;. The predicted octanol–water partition coefficient (Wildman–Crippen LogP) is 4.69. The first kappa shape index (κ1) is 14.9. The van der Waals surface area contributed by atoms with E-state index in [1.807, 2.05) is 0 Å². The minimum atomic E-state index is 0. The monoisotopic (exact) mass is 393 g/mol. The Morgan fingerprint density at radius 1 is 0.941 bits per heavy atom. The first-order valence-corrected chi connectivity index (χ1v) is 6.02. The van der Waals surface area contributed by atoms with Crippen LogP contribution in [0, 0.1) is 25.2 Å². The van der Waals surface area contributed by atoms with Crippen molar-refractivity contribution in [2.75, 3.05) is 0 Å². The van der Waals surface area contributed by atoms with E-state index in [4.69, 9.17) is 0 Å². The SMILES string of the molecule is Cc1cc2c(cc1C)[C](CC(C)(C)C)C=C2.[Hf]. The second kappa shape index (κ2) is 5.22. The van der Waals surface area contributed by atoms with Crippen LogP contribution in [0.2, 0.25) is 0 Å². The van der Waals surface area contributed by atoms with Gasteiger partial charge < -0.3 is 0 Å². The van der Waals surface area contributed by atoms with Gasteiger partial charge in [-0.2, -0.15) is 0 Å². The van der Waals surface area contributed by atoms with E-state index in [2.05, 4.69) is 58.9 Å². The van der Waals surface area contributed by atoms with E-state index in [0.717, 1.165) is 6.42 Å². The molecule has 1 aromatic rings. The molecule has 0 saturated carbocycles. The molecule has 0 N–H and O–H groups in total. The molecule has 1 radical (unpaired) electrons. The molecule has 0 spiro atoms. The van der Waals surface area contributed by atoms with Crippen molar-refractivity contribution in [3.05, 3.63) is 46.4 Å². The summed E-state index contributed by atoms with van der Waals surface area (Å²) in [6, 6.07) is 4.64. The molecule has 0 aliphatic heterocycles. The molecule has 17 heavy (non-hydrogen) atoms. The molecule has 0 nitrogen and oxygen atoms in total. The van der Waals surface area contributed by atoms with Crippen LogP contribution in [0.4, 0.5) is 0 Å². The maximum Gasteiger partial charge on any atom is 0.0278 e. The fourth-order valence-electron chi connectivity index (χ4n) is 2.26. The summed E-state index contributed by atoms with van der Waals surface area (Å²) >= 11 is 0. The summed E-state index contributed by atoms with van der Waals surface area (Å²) in [6.45, 7) is 11.3. The number of rotatable bonds is 1. The molecule has 1 aliphatic carbocycles. The molecule has 0 unspecified atom stereocenters. The average molecular weight is 392 g/mol. The van der Waals surface area contributed by atoms with Gasteiger partial charge in [0.15, 0.2) is 0 Å². The summed E-state index contributed by atoms with van der Waals surface area (Å²) < 4.78 is 0. The van der Waals surface area contributed by atoms with Gasteiger partial charge in [-0.05, 0) is 47.9 Å². The van der Waals surface area contributed by atoms with Crippen molar-refractivity contribution in [3.63, 3.8) is 0 Å². The van der Waals surface area contributed by atoms with Crippen LogP contribution in [0.3, 0.4) is 0 Å². The van der Waals surface area contributed by atoms with Crippen molar-refractivity contribution >= 4 is 6.08 Å². The molecular formula is C16H21Hf. The Morgan fingerprint density at radius 2 is 1.53 bits per heavy atom. The Morgan fingerprint density at radius 3 is 2.12 bits per heavy atom. The van der Waals surface area contributed by atoms with E-state index >= 15 is 0 Å². The second-order valence-electron chi connectivity index (χ2n) is 6.12. The zero-order valence-corrected chi connectivity index (χ0v) is 15.1. The molecule has 0 saturated heterocycles. The number of hydrogen-bond acceptors (Lipinski definition) is 0. The molecule has 0 amide bonds. The summed E-state index contributed by atoms with van der Waals surface area (Å²) in [4.78, 5) is 0. The van der Waals surface area contributed by atoms with E-state index in [1.165, 1.54) is 28.2 Å². The number of fused-ring (bicyclic) bond motifs is 1. The van der Waals surface area contributed by atoms with Crippen LogP contribution >= 0.6 is 0 Å². The number of hydrogen-bond donors (Lipinski definition) is 0. The largest absolute Gasteiger partial charge is 0.0721 e. The second-order valence-corrected chi connectivity index (χ2v) is 6.12. The Bertz CT molecular complexity index is 436. The maximum absolute atomic E-state index is 2.34. The molecular weight excluding hydrogens is 371 g/mol. The number of aryl methyl sites for hydroxylation is 2. The van der Waals surface area contributed by atoms with Crippen molar-refractivity contribution in [1.29, 1.82) is 0 Å². The van der Waals surface area contributed by atoms with Gasteiger partial charge in [-0.25, -0.2) is 0 Å². The van der Waals surface area contributed by atoms with Gasteiger partial charge in [0, 0.05) is 31.8 Å². The van der Waals surface area contributed by atoms with E-state index in [-0.39, 0.29) is 25.8 Å². The van der Waals surface area contributed by atoms with Gasteiger partial charge in [0.2, 0.25) is 0 Å². The van der Waals surface area contributed by atoms with Gasteiger partial charge in [0.25, 0.3) is 0 Å². The van der Waals surface area contributed by atoms with Gasteiger partial charge in [0.1, 0.15) is 0 Å². The van der Waals surface area contributed by atoms with E-state index in [0.29, 0.717) is 5.41 Å². The van der Waals surface area contributed by atoms with Crippen LogP contribution < -0.4 is 0 Å². The Labute approximate surface area is 124 Å². The average Bonchev–Trinajstić information content (AvgIpc) is 2.47. The van der Waals surface area contributed by atoms with Crippen molar-refractivity contribution in [2.24, 2.45) is 5.41 Å². The van der Waals surface area contributed by atoms with Crippen LogP contribution in [0.25, 0.3) is 6.08 Å². The van der Waals surface area contributed by atoms with Crippen molar-refractivity contribution in [3.8, 4) is 0 Å². The molecule has 0 aromatic heterocycles. The molecule has 0 bridgehead atoms. The predicted molar refractivity (Wildman–Crippen MR) is 71.4 cm³/mol. The van der Waals surface area contributed by atoms with Crippen LogP contribution in [-0.4, -0.2) is 0 Å². The van der Waals surface area contributed by atoms with Crippen LogP contribution in [0.15, 0.2) is 18.2 Å². The summed E-state index contributed by atoms with van der Waals surface area (Å²) in [5, 5.41) is 0. The molecule has 0 fully saturated rings. The van der Waals surface area contributed by atoms with Gasteiger partial charge in [-0.3, -0.25) is 0 Å². The van der Waals surface area contributed by atoms with Crippen LogP contribution in [-0.2, 0) is 25.8 Å². The normalized spacial score (nSPS) is 14.6. The minimum absolute atomic E-state index is 0. The quantitative estimate of drug-likeness (QED) is 0.609.